The second kappa shape index (κ2) is 8.91. The highest BCUT2D eigenvalue weighted by atomic mass is 19.4. The van der Waals surface area contributed by atoms with Crippen LogP contribution in [-0.4, -0.2) is 44.1 Å². The maximum atomic E-state index is 13.2. The van der Waals surface area contributed by atoms with Gasteiger partial charge >= 0.3 is 6.18 Å². The van der Waals surface area contributed by atoms with Crippen LogP contribution in [0.15, 0.2) is 54.1 Å². The molecular formula is C22H20F3N3O2. The lowest BCUT2D eigenvalue weighted by Crippen LogP contribution is -2.49. The molecule has 0 N–H and O–H groups in total. The zero-order valence-electron chi connectivity index (χ0n) is 16.3. The molecule has 1 fully saturated rings. The van der Waals surface area contributed by atoms with Gasteiger partial charge in [-0.1, -0.05) is 18.2 Å². The molecule has 0 aromatic heterocycles. The first-order valence-electron chi connectivity index (χ1n) is 9.30. The molecule has 30 heavy (non-hydrogen) atoms. The summed E-state index contributed by atoms with van der Waals surface area (Å²) in [4.78, 5) is 16.3. The SMILES string of the molecule is COc1ccc(N2CCN(C(=O)/C(C#N)=C/c3ccccc3C(F)(F)F)CC2)cc1. The molecule has 0 unspecified atom stereocenters. The van der Waals surface area contributed by atoms with Crippen molar-refractivity contribution in [2.75, 3.05) is 38.2 Å². The first-order chi connectivity index (χ1) is 14.3. The Kier molecular flexibility index (Phi) is 6.31. The second-order valence-electron chi connectivity index (χ2n) is 6.73. The number of hydrogen-bond donors (Lipinski definition) is 0. The highest BCUT2D eigenvalue weighted by Crippen LogP contribution is 2.33. The molecule has 0 radical (unpaired) electrons. The van der Waals surface area contributed by atoms with Crippen LogP contribution in [0.1, 0.15) is 11.1 Å². The number of hydrogen-bond acceptors (Lipinski definition) is 4. The highest BCUT2D eigenvalue weighted by molar-refractivity contribution is 6.02. The van der Waals surface area contributed by atoms with Crippen molar-refractivity contribution < 1.29 is 22.7 Å². The van der Waals surface area contributed by atoms with Crippen LogP contribution < -0.4 is 9.64 Å². The summed E-state index contributed by atoms with van der Waals surface area (Å²) in [7, 11) is 1.59. The van der Waals surface area contributed by atoms with E-state index < -0.39 is 17.6 Å². The summed E-state index contributed by atoms with van der Waals surface area (Å²) in [5.41, 5.74) is -0.413. The molecule has 1 aliphatic heterocycles. The number of rotatable bonds is 4. The predicted molar refractivity (Wildman–Crippen MR) is 107 cm³/mol. The molecule has 5 nitrogen and oxygen atoms in total. The lowest BCUT2D eigenvalue weighted by Gasteiger charge is -2.36. The quantitative estimate of drug-likeness (QED) is 0.560. The number of ether oxygens (including phenoxy) is 1. The summed E-state index contributed by atoms with van der Waals surface area (Å²) in [6.45, 7) is 1.83. The number of benzene rings is 2. The number of halogens is 3. The molecule has 0 atom stereocenters. The van der Waals surface area contributed by atoms with E-state index >= 15 is 0 Å². The van der Waals surface area contributed by atoms with Crippen molar-refractivity contribution in [3.8, 4) is 11.8 Å². The van der Waals surface area contributed by atoms with Gasteiger partial charge in [-0.3, -0.25) is 4.79 Å². The number of methoxy groups -OCH3 is 1. The normalized spacial score (nSPS) is 15.0. The van der Waals surface area contributed by atoms with Gasteiger partial charge in [-0.25, -0.2) is 0 Å². The minimum atomic E-state index is -4.57. The summed E-state index contributed by atoms with van der Waals surface area (Å²) in [5.74, 6) is 0.180. The van der Waals surface area contributed by atoms with Gasteiger partial charge in [-0.15, -0.1) is 0 Å². The molecule has 2 aromatic carbocycles. The van der Waals surface area contributed by atoms with Gasteiger partial charge in [0.2, 0.25) is 0 Å². The minimum Gasteiger partial charge on any atom is -0.497 e. The number of nitrogens with zero attached hydrogens (tertiary/aromatic N) is 3. The fourth-order valence-corrected chi connectivity index (χ4v) is 3.31. The Morgan fingerprint density at radius 3 is 2.27 bits per heavy atom. The lowest BCUT2D eigenvalue weighted by atomic mass is 10.0. The monoisotopic (exact) mass is 415 g/mol. The Bertz CT molecular complexity index is 970. The van der Waals surface area contributed by atoms with E-state index in [0.717, 1.165) is 23.6 Å². The van der Waals surface area contributed by atoms with Gasteiger partial charge in [0.05, 0.1) is 12.7 Å². The van der Waals surface area contributed by atoms with E-state index in [0.29, 0.717) is 26.2 Å². The molecular weight excluding hydrogens is 395 g/mol. The van der Waals surface area contributed by atoms with E-state index in [1.807, 2.05) is 24.3 Å². The van der Waals surface area contributed by atoms with Gasteiger partial charge in [0.15, 0.2) is 0 Å². The van der Waals surface area contributed by atoms with Crippen molar-refractivity contribution in [3.63, 3.8) is 0 Å². The van der Waals surface area contributed by atoms with Gasteiger partial charge < -0.3 is 14.5 Å². The smallest absolute Gasteiger partial charge is 0.416 e. The summed E-state index contributed by atoms with van der Waals surface area (Å²) in [6, 6.07) is 14.2. The fourth-order valence-electron chi connectivity index (χ4n) is 3.31. The van der Waals surface area contributed by atoms with E-state index in [-0.39, 0.29) is 11.1 Å². The summed E-state index contributed by atoms with van der Waals surface area (Å²) >= 11 is 0. The Labute approximate surface area is 172 Å². The van der Waals surface area contributed by atoms with E-state index in [4.69, 9.17) is 4.74 Å². The van der Waals surface area contributed by atoms with Gasteiger partial charge in [-0.2, -0.15) is 18.4 Å². The van der Waals surface area contributed by atoms with E-state index in [1.54, 1.807) is 13.2 Å². The summed E-state index contributed by atoms with van der Waals surface area (Å²) in [6.07, 6.45) is -3.55. The van der Waals surface area contributed by atoms with Crippen LogP contribution in [0, 0.1) is 11.3 Å². The standard InChI is InChI=1S/C22H20F3N3O2/c1-30-19-8-6-18(7-9-19)27-10-12-28(13-11-27)21(29)17(15-26)14-16-4-2-3-5-20(16)22(23,24)25/h2-9,14H,10-13H2,1H3/b17-14+. The first-order valence-corrected chi connectivity index (χ1v) is 9.30. The summed E-state index contributed by atoms with van der Waals surface area (Å²) < 4.78 is 44.7. The zero-order chi connectivity index (χ0) is 21.7. The number of amides is 1. The van der Waals surface area contributed by atoms with Crippen LogP contribution in [0.25, 0.3) is 6.08 Å². The van der Waals surface area contributed by atoms with Gasteiger partial charge in [0.1, 0.15) is 17.4 Å². The third-order valence-electron chi connectivity index (χ3n) is 4.92. The van der Waals surface area contributed by atoms with Crippen LogP contribution >= 0.6 is 0 Å². The topological polar surface area (TPSA) is 56.6 Å². The molecule has 2 aromatic rings. The number of piperazine rings is 1. The molecule has 1 saturated heterocycles. The largest absolute Gasteiger partial charge is 0.497 e. The second-order valence-corrected chi connectivity index (χ2v) is 6.73. The minimum absolute atomic E-state index is 0.202. The number of carbonyl (C=O) groups is 1. The third kappa shape index (κ3) is 4.74. The zero-order valence-corrected chi connectivity index (χ0v) is 16.3. The van der Waals surface area contributed by atoms with Crippen molar-refractivity contribution >= 4 is 17.7 Å². The summed E-state index contributed by atoms with van der Waals surface area (Å²) in [5, 5.41) is 9.39. The lowest BCUT2D eigenvalue weighted by molar-refractivity contribution is -0.137. The van der Waals surface area contributed by atoms with E-state index in [2.05, 4.69) is 4.90 Å². The van der Waals surface area contributed by atoms with Crippen LogP contribution in [0.2, 0.25) is 0 Å². The van der Waals surface area contributed by atoms with Crippen molar-refractivity contribution in [1.29, 1.82) is 5.26 Å². The maximum Gasteiger partial charge on any atom is 0.416 e. The van der Waals surface area contributed by atoms with Crippen LogP contribution in [-0.2, 0) is 11.0 Å². The van der Waals surface area contributed by atoms with E-state index in [1.165, 1.54) is 23.1 Å². The van der Waals surface area contributed by atoms with Crippen molar-refractivity contribution in [1.82, 2.24) is 4.90 Å². The van der Waals surface area contributed by atoms with Crippen molar-refractivity contribution in [2.24, 2.45) is 0 Å². The van der Waals surface area contributed by atoms with Crippen LogP contribution in [0.4, 0.5) is 18.9 Å². The number of anilines is 1. The van der Waals surface area contributed by atoms with Crippen molar-refractivity contribution in [2.45, 2.75) is 6.18 Å². The third-order valence-corrected chi connectivity index (χ3v) is 4.92. The van der Waals surface area contributed by atoms with Gasteiger partial charge in [0.25, 0.3) is 5.91 Å². The average molecular weight is 415 g/mol. The molecule has 1 amide bonds. The Morgan fingerprint density at radius 1 is 1.07 bits per heavy atom. The van der Waals surface area contributed by atoms with Gasteiger partial charge in [-0.05, 0) is 42.0 Å². The van der Waals surface area contributed by atoms with Crippen LogP contribution in [0.5, 0.6) is 5.75 Å². The molecule has 0 saturated carbocycles. The number of carbonyl (C=O) groups excluding carboxylic acids is 1. The molecule has 0 spiro atoms. The first kappa shape index (κ1) is 21.2. The Balaban J connectivity index is 1.72. The number of nitriles is 1. The molecule has 3 rings (SSSR count). The predicted octanol–water partition coefficient (Wildman–Crippen LogP) is 3.97. The molecule has 156 valence electrons. The Hall–Kier alpha value is -3.47. The molecule has 8 heteroatoms. The molecule has 1 aliphatic rings. The van der Waals surface area contributed by atoms with Crippen LogP contribution in [0.3, 0.4) is 0 Å². The molecule has 0 aliphatic carbocycles. The average Bonchev–Trinajstić information content (AvgIpc) is 2.77. The number of alkyl halides is 3. The highest BCUT2D eigenvalue weighted by Gasteiger charge is 2.33. The van der Waals surface area contributed by atoms with Gasteiger partial charge in [0, 0.05) is 31.9 Å². The molecule has 0 bridgehead atoms. The van der Waals surface area contributed by atoms with Crippen molar-refractivity contribution in [3.05, 3.63) is 65.2 Å². The Morgan fingerprint density at radius 2 is 1.70 bits per heavy atom. The maximum absolute atomic E-state index is 13.2. The van der Waals surface area contributed by atoms with E-state index in [9.17, 15) is 23.2 Å². The fraction of sp³-hybridized carbons (Fsp3) is 0.273. The molecule has 1 heterocycles.